The van der Waals surface area contributed by atoms with Crippen molar-refractivity contribution in [2.24, 2.45) is 0 Å². The van der Waals surface area contributed by atoms with E-state index in [9.17, 15) is 9.59 Å². The van der Waals surface area contributed by atoms with Crippen LogP contribution in [-0.2, 0) is 9.59 Å². The monoisotopic (exact) mass is 240 g/mol. The number of carbonyl (C=O) groups is 2. The quantitative estimate of drug-likeness (QED) is 0.699. The molecule has 1 N–H and O–H groups in total. The highest BCUT2D eigenvalue weighted by Gasteiger charge is 2.31. The topological polar surface area (TPSA) is 75.2 Å². The number of amides is 2. The lowest BCUT2D eigenvalue weighted by Crippen LogP contribution is -2.57. The summed E-state index contributed by atoms with van der Waals surface area (Å²) in [5, 5.41) is 10.0. The predicted molar refractivity (Wildman–Crippen MR) is 57.0 cm³/mol. The Balaban J connectivity index is 2.28. The van der Waals surface area contributed by atoms with E-state index in [1.807, 2.05) is 0 Å². The van der Waals surface area contributed by atoms with Gasteiger partial charge in [-0.1, -0.05) is 11.6 Å². The minimum absolute atomic E-state index is 0.0865. The first-order valence-electron chi connectivity index (χ1n) is 4.67. The molecule has 2 amide bonds. The maximum Gasteiger partial charge on any atom is 0.249 e. The molecule has 0 saturated carbocycles. The number of anilines is 1. The lowest BCUT2D eigenvalue weighted by molar-refractivity contribution is -0.132. The van der Waals surface area contributed by atoms with Gasteiger partial charge in [0, 0.05) is 0 Å². The fraction of sp³-hybridized carbons (Fsp3) is 0.333. The lowest BCUT2D eigenvalue weighted by atomic mass is 10.2. The van der Waals surface area contributed by atoms with E-state index in [4.69, 9.17) is 11.6 Å². The summed E-state index contributed by atoms with van der Waals surface area (Å²) in [6, 6.07) is 2.74. The summed E-state index contributed by atoms with van der Waals surface area (Å²) in [4.78, 5) is 24.2. The van der Waals surface area contributed by atoms with E-state index in [0.29, 0.717) is 5.82 Å². The number of halogens is 1. The number of nitrogens with zero attached hydrogens (tertiary/aromatic N) is 3. The molecule has 0 radical (unpaired) electrons. The van der Waals surface area contributed by atoms with Crippen LogP contribution in [0, 0.1) is 0 Å². The molecule has 7 heteroatoms. The number of hydrogen-bond acceptors (Lipinski definition) is 5. The minimum atomic E-state index is -0.451. The average Bonchev–Trinajstić information content (AvgIpc) is 2.25. The summed E-state index contributed by atoms with van der Waals surface area (Å²) in [6.45, 7) is 1.78. The van der Waals surface area contributed by atoms with Crippen LogP contribution in [-0.4, -0.2) is 34.6 Å². The highest BCUT2D eigenvalue weighted by Crippen LogP contribution is 2.16. The van der Waals surface area contributed by atoms with Gasteiger partial charge in [0.2, 0.25) is 11.8 Å². The second kappa shape index (κ2) is 4.05. The van der Waals surface area contributed by atoms with Crippen molar-refractivity contribution in [1.82, 2.24) is 15.5 Å². The minimum Gasteiger partial charge on any atom is -0.334 e. The first-order chi connectivity index (χ1) is 7.58. The second-order valence-corrected chi connectivity index (χ2v) is 3.82. The molecular weight excluding hydrogens is 232 g/mol. The van der Waals surface area contributed by atoms with Crippen molar-refractivity contribution in [2.75, 3.05) is 11.4 Å². The van der Waals surface area contributed by atoms with Crippen LogP contribution in [0.2, 0.25) is 5.15 Å². The molecule has 1 aromatic heterocycles. The normalized spacial score (nSPS) is 20.9. The fourth-order valence-corrected chi connectivity index (χ4v) is 1.56. The van der Waals surface area contributed by atoms with Crippen LogP contribution in [0.1, 0.15) is 6.92 Å². The Labute approximate surface area is 96.6 Å². The maximum absolute atomic E-state index is 11.4. The fourth-order valence-electron chi connectivity index (χ4n) is 1.46. The summed E-state index contributed by atoms with van der Waals surface area (Å²) < 4.78 is 0. The van der Waals surface area contributed by atoms with E-state index in [-0.39, 0.29) is 23.5 Å². The summed E-state index contributed by atoms with van der Waals surface area (Å²) in [5.74, 6) is -0.229. The van der Waals surface area contributed by atoms with Gasteiger partial charge in [0.05, 0.1) is 6.54 Å². The van der Waals surface area contributed by atoms with Gasteiger partial charge in [-0.15, -0.1) is 10.2 Å². The molecule has 2 rings (SSSR count). The van der Waals surface area contributed by atoms with Crippen LogP contribution in [0.15, 0.2) is 12.1 Å². The van der Waals surface area contributed by atoms with Crippen molar-refractivity contribution in [1.29, 1.82) is 0 Å². The van der Waals surface area contributed by atoms with Gasteiger partial charge in [0.15, 0.2) is 11.0 Å². The van der Waals surface area contributed by atoms with Crippen molar-refractivity contribution in [3.8, 4) is 0 Å². The number of aromatic nitrogens is 2. The number of piperazine rings is 1. The molecule has 1 aromatic rings. The number of nitrogens with one attached hydrogen (secondary N) is 1. The van der Waals surface area contributed by atoms with E-state index < -0.39 is 6.04 Å². The number of hydrogen-bond donors (Lipinski definition) is 1. The third-order valence-electron chi connectivity index (χ3n) is 2.34. The van der Waals surface area contributed by atoms with Gasteiger partial charge in [-0.2, -0.15) is 0 Å². The largest absolute Gasteiger partial charge is 0.334 e. The smallest absolute Gasteiger partial charge is 0.249 e. The third kappa shape index (κ3) is 1.96. The van der Waals surface area contributed by atoms with Gasteiger partial charge in [-0.25, -0.2) is 0 Å². The molecular formula is C9H9ClN4O2. The molecule has 0 bridgehead atoms. The van der Waals surface area contributed by atoms with Crippen LogP contribution in [0.5, 0.6) is 0 Å². The standard InChI is InChI=1S/C9H9ClN4O2/c1-5-9(16)11-8(15)4-14(5)7-3-2-6(10)12-13-7/h2-3,5H,4H2,1H3,(H,11,15,16). The molecule has 1 unspecified atom stereocenters. The Kier molecular flexibility index (Phi) is 2.74. The van der Waals surface area contributed by atoms with Crippen molar-refractivity contribution in [3.05, 3.63) is 17.3 Å². The van der Waals surface area contributed by atoms with Gasteiger partial charge in [0.25, 0.3) is 0 Å². The average molecular weight is 241 g/mol. The van der Waals surface area contributed by atoms with Gasteiger partial charge < -0.3 is 4.90 Å². The van der Waals surface area contributed by atoms with E-state index in [1.54, 1.807) is 24.0 Å². The molecule has 1 fully saturated rings. The van der Waals surface area contributed by atoms with Crippen LogP contribution < -0.4 is 10.2 Å². The molecule has 16 heavy (non-hydrogen) atoms. The maximum atomic E-state index is 11.4. The molecule has 84 valence electrons. The van der Waals surface area contributed by atoms with Crippen LogP contribution in [0.4, 0.5) is 5.82 Å². The zero-order valence-electron chi connectivity index (χ0n) is 8.48. The predicted octanol–water partition coefficient (Wildman–Crippen LogP) is -0.0187. The third-order valence-corrected chi connectivity index (χ3v) is 2.54. The van der Waals surface area contributed by atoms with Crippen molar-refractivity contribution in [2.45, 2.75) is 13.0 Å². The molecule has 6 nitrogen and oxygen atoms in total. The summed E-state index contributed by atoms with van der Waals surface area (Å²) in [6.07, 6.45) is 0. The SMILES string of the molecule is CC1C(=O)NC(=O)CN1c1ccc(Cl)nn1. The first kappa shape index (κ1) is 10.8. The number of imide groups is 1. The second-order valence-electron chi connectivity index (χ2n) is 3.43. The summed E-state index contributed by atoms with van der Waals surface area (Å²) >= 11 is 5.61. The number of carbonyl (C=O) groups excluding carboxylic acids is 2. The highest BCUT2D eigenvalue weighted by molar-refractivity contribution is 6.29. The van der Waals surface area contributed by atoms with E-state index in [0.717, 1.165) is 0 Å². The van der Waals surface area contributed by atoms with Gasteiger partial charge in [-0.05, 0) is 19.1 Å². The lowest BCUT2D eigenvalue weighted by Gasteiger charge is -2.31. The molecule has 1 aliphatic rings. The molecule has 1 aliphatic heterocycles. The number of rotatable bonds is 1. The van der Waals surface area contributed by atoms with E-state index in [2.05, 4.69) is 15.5 Å². The van der Waals surface area contributed by atoms with Gasteiger partial charge in [-0.3, -0.25) is 14.9 Å². The van der Waals surface area contributed by atoms with E-state index in [1.165, 1.54) is 0 Å². The molecule has 0 spiro atoms. The Hall–Kier alpha value is -1.69. The zero-order valence-corrected chi connectivity index (χ0v) is 9.23. The van der Waals surface area contributed by atoms with Gasteiger partial charge in [0.1, 0.15) is 6.04 Å². The molecule has 1 saturated heterocycles. The molecule has 1 atom stereocenters. The van der Waals surface area contributed by atoms with Crippen molar-refractivity contribution < 1.29 is 9.59 Å². The molecule has 2 heterocycles. The van der Waals surface area contributed by atoms with Crippen molar-refractivity contribution in [3.63, 3.8) is 0 Å². The first-order valence-corrected chi connectivity index (χ1v) is 5.05. The van der Waals surface area contributed by atoms with Crippen LogP contribution in [0.25, 0.3) is 0 Å². The summed E-state index contributed by atoms with van der Waals surface area (Å²) in [5.41, 5.74) is 0. The Morgan fingerprint density at radius 2 is 2.19 bits per heavy atom. The van der Waals surface area contributed by atoms with E-state index >= 15 is 0 Å². The van der Waals surface area contributed by atoms with Crippen LogP contribution >= 0.6 is 11.6 Å². The van der Waals surface area contributed by atoms with Crippen molar-refractivity contribution >= 4 is 29.2 Å². The Morgan fingerprint density at radius 3 is 2.81 bits per heavy atom. The Bertz CT molecular complexity index is 434. The highest BCUT2D eigenvalue weighted by atomic mass is 35.5. The molecule has 0 aliphatic carbocycles. The van der Waals surface area contributed by atoms with Gasteiger partial charge >= 0.3 is 0 Å². The molecule has 0 aromatic carbocycles. The zero-order chi connectivity index (χ0) is 11.7. The van der Waals surface area contributed by atoms with Crippen LogP contribution in [0.3, 0.4) is 0 Å². The summed E-state index contributed by atoms with van der Waals surface area (Å²) in [7, 11) is 0. The Morgan fingerprint density at radius 1 is 1.44 bits per heavy atom.